The SMILES string of the molecule is CC[NH+](CC)CCC[C@@H](C)N=C(NC(=O)c1ccccc1Cl)OC(C)C. The number of benzene rings is 1. The molecule has 0 aliphatic rings. The Hall–Kier alpha value is -1.59. The lowest BCUT2D eigenvalue weighted by Gasteiger charge is -2.17. The highest BCUT2D eigenvalue weighted by Gasteiger charge is 2.15. The number of hydrogen-bond donors (Lipinski definition) is 2. The highest BCUT2D eigenvalue weighted by Crippen LogP contribution is 2.14. The van der Waals surface area contributed by atoms with Crippen LogP contribution in [0.5, 0.6) is 0 Å². The van der Waals surface area contributed by atoms with E-state index in [-0.39, 0.29) is 24.1 Å². The summed E-state index contributed by atoms with van der Waals surface area (Å²) in [6.45, 7) is 13.7. The predicted octanol–water partition coefficient (Wildman–Crippen LogP) is 2.94. The van der Waals surface area contributed by atoms with Crippen LogP contribution >= 0.6 is 11.6 Å². The molecular formula is C20H33ClN3O2+. The molecule has 1 aromatic rings. The number of carbonyl (C=O) groups excluding carboxylic acids is 1. The van der Waals surface area contributed by atoms with Crippen molar-refractivity contribution in [1.82, 2.24) is 5.32 Å². The van der Waals surface area contributed by atoms with Gasteiger partial charge >= 0.3 is 0 Å². The molecule has 1 atom stereocenters. The fourth-order valence-corrected chi connectivity index (χ4v) is 2.86. The van der Waals surface area contributed by atoms with Crippen LogP contribution in [0.1, 0.15) is 57.8 Å². The van der Waals surface area contributed by atoms with Gasteiger partial charge in [-0.2, -0.15) is 0 Å². The zero-order chi connectivity index (χ0) is 19.5. The number of rotatable bonds is 9. The first-order valence-corrected chi connectivity index (χ1v) is 9.89. The number of aliphatic imine (C=N–C) groups is 1. The lowest BCUT2D eigenvalue weighted by molar-refractivity contribution is -0.896. The van der Waals surface area contributed by atoms with Crippen LogP contribution in [0.4, 0.5) is 0 Å². The summed E-state index contributed by atoms with van der Waals surface area (Å²) in [7, 11) is 0. The van der Waals surface area contributed by atoms with Gasteiger partial charge in [-0.15, -0.1) is 0 Å². The Morgan fingerprint density at radius 1 is 1.23 bits per heavy atom. The second-order valence-corrected chi connectivity index (χ2v) is 7.14. The standard InChI is InChI=1S/C20H32ClN3O2/c1-6-24(7-2)14-10-11-16(5)22-20(26-15(3)4)23-19(25)17-12-8-9-13-18(17)21/h8-9,12-13,15-16H,6-7,10-11,14H2,1-5H3,(H,22,23,25)/p+1/t16-/m1/s1. The zero-order valence-corrected chi connectivity index (χ0v) is 17.4. The molecule has 0 aliphatic carbocycles. The van der Waals surface area contributed by atoms with Crippen molar-refractivity contribution in [3.63, 3.8) is 0 Å². The Labute approximate surface area is 162 Å². The predicted molar refractivity (Wildman–Crippen MR) is 108 cm³/mol. The number of hydrogen-bond acceptors (Lipinski definition) is 3. The van der Waals surface area contributed by atoms with Crippen LogP contribution in [-0.2, 0) is 4.74 Å². The third-order valence-corrected chi connectivity index (χ3v) is 4.51. The summed E-state index contributed by atoms with van der Waals surface area (Å²) in [5.74, 6) is -0.310. The Balaban J connectivity index is 2.71. The number of nitrogens with one attached hydrogen (secondary N) is 2. The maximum atomic E-state index is 12.5. The van der Waals surface area contributed by atoms with Gasteiger partial charge in [0.1, 0.15) is 0 Å². The molecule has 0 radical (unpaired) electrons. The fourth-order valence-electron chi connectivity index (χ4n) is 2.64. The number of amides is 1. The third-order valence-electron chi connectivity index (χ3n) is 4.18. The Kier molecular flexibility index (Phi) is 10.3. The van der Waals surface area contributed by atoms with Crippen LogP contribution in [0, 0.1) is 0 Å². The molecule has 0 aliphatic heterocycles. The molecule has 26 heavy (non-hydrogen) atoms. The minimum atomic E-state index is -0.310. The minimum Gasteiger partial charge on any atom is -0.462 e. The first-order valence-electron chi connectivity index (χ1n) is 9.51. The molecule has 146 valence electrons. The Morgan fingerprint density at radius 3 is 2.46 bits per heavy atom. The van der Waals surface area contributed by atoms with E-state index in [1.54, 1.807) is 29.2 Å². The van der Waals surface area contributed by atoms with Gasteiger partial charge in [0, 0.05) is 0 Å². The van der Waals surface area contributed by atoms with Gasteiger partial charge in [0.15, 0.2) is 0 Å². The fraction of sp³-hybridized carbons (Fsp3) is 0.600. The number of ether oxygens (including phenoxy) is 1. The Bertz CT molecular complexity index is 586. The summed E-state index contributed by atoms with van der Waals surface area (Å²) in [4.78, 5) is 18.6. The van der Waals surface area contributed by atoms with Gasteiger partial charge in [-0.1, -0.05) is 23.7 Å². The van der Waals surface area contributed by atoms with Gasteiger partial charge < -0.3 is 9.64 Å². The summed E-state index contributed by atoms with van der Waals surface area (Å²) < 4.78 is 5.69. The van der Waals surface area contributed by atoms with E-state index in [2.05, 4.69) is 24.2 Å². The van der Waals surface area contributed by atoms with Crippen molar-refractivity contribution in [2.24, 2.45) is 4.99 Å². The average molecular weight is 383 g/mol. The molecule has 0 aromatic heterocycles. The molecule has 0 unspecified atom stereocenters. The second-order valence-electron chi connectivity index (χ2n) is 6.73. The topological polar surface area (TPSA) is 55.1 Å². The van der Waals surface area contributed by atoms with Crippen LogP contribution in [0.15, 0.2) is 29.3 Å². The van der Waals surface area contributed by atoms with Gasteiger partial charge in [-0.05, 0) is 59.6 Å². The van der Waals surface area contributed by atoms with Crippen LogP contribution in [0.2, 0.25) is 5.02 Å². The normalized spacial score (nSPS) is 13.2. The first kappa shape index (κ1) is 22.5. The smallest absolute Gasteiger partial charge is 0.292 e. The molecular weight excluding hydrogens is 350 g/mol. The van der Waals surface area contributed by atoms with Crippen molar-refractivity contribution < 1.29 is 14.4 Å². The molecule has 0 heterocycles. The molecule has 6 heteroatoms. The summed E-state index contributed by atoms with van der Waals surface area (Å²) in [6, 6.07) is 7.27. The zero-order valence-electron chi connectivity index (χ0n) is 16.6. The maximum Gasteiger partial charge on any atom is 0.292 e. The largest absolute Gasteiger partial charge is 0.462 e. The maximum absolute atomic E-state index is 12.5. The molecule has 0 saturated carbocycles. The van der Waals surface area contributed by atoms with Gasteiger partial charge in [-0.3, -0.25) is 10.1 Å². The van der Waals surface area contributed by atoms with Gasteiger partial charge in [0.05, 0.1) is 42.4 Å². The van der Waals surface area contributed by atoms with Crippen molar-refractivity contribution in [1.29, 1.82) is 0 Å². The lowest BCUT2D eigenvalue weighted by atomic mass is 10.2. The summed E-state index contributed by atoms with van der Waals surface area (Å²) in [6.07, 6.45) is 1.97. The molecule has 1 amide bonds. The van der Waals surface area contributed by atoms with E-state index in [0.717, 1.165) is 32.5 Å². The molecule has 0 saturated heterocycles. The van der Waals surface area contributed by atoms with Gasteiger partial charge in [0.25, 0.3) is 11.9 Å². The van der Waals surface area contributed by atoms with E-state index in [4.69, 9.17) is 16.3 Å². The van der Waals surface area contributed by atoms with Gasteiger partial charge in [0.2, 0.25) is 0 Å². The molecule has 0 spiro atoms. The Morgan fingerprint density at radius 2 is 1.88 bits per heavy atom. The molecule has 1 aromatic carbocycles. The van der Waals surface area contributed by atoms with Gasteiger partial charge in [-0.25, -0.2) is 4.99 Å². The second kappa shape index (κ2) is 11.9. The van der Waals surface area contributed by atoms with Crippen LogP contribution in [0.3, 0.4) is 0 Å². The number of quaternary nitrogens is 1. The molecule has 1 rings (SSSR count). The monoisotopic (exact) mass is 382 g/mol. The van der Waals surface area contributed by atoms with E-state index in [1.165, 1.54) is 0 Å². The summed E-state index contributed by atoms with van der Waals surface area (Å²) in [5, 5.41) is 3.16. The van der Waals surface area contributed by atoms with E-state index >= 15 is 0 Å². The van der Waals surface area contributed by atoms with Crippen LogP contribution in [-0.4, -0.2) is 43.7 Å². The number of amidine groups is 1. The molecule has 2 N–H and O–H groups in total. The van der Waals surface area contributed by atoms with E-state index in [1.807, 2.05) is 20.8 Å². The lowest BCUT2D eigenvalue weighted by Crippen LogP contribution is -3.11. The van der Waals surface area contributed by atoms with Crippen molar-refractivity contribution in [2.45, 2.75) is 59.6 Å². The summed E-state index contributed by atoms with van der Waals surface area (Å²) >= 11 is 6.10. The first-order chi connectivity index (χ1) is 12.4. The minimum absolute atomic E-state index is 0.0743. The van der Waals surface area contributed by atoms with E-state index < -0.39 is 0 Å². The van der Waals surface area contributed by atoms with Crippen LogP contribution in [0.25, 0.3) is 0 Å². The van der Waals surface area contributed by atoms with E-state index in [0.29, 0.717) is 10.6 Å². The van der Waals surface area contributed by atoms with Crippen molar-refractivity contribution in [2.75, 3.05) is 19.6 Å². The number of nitrogens with zero attached hydrogens (tertiary/aromatic N) is 1. The quantitative estimate of drug-likeness (QED) is 0.509. The van der Waals surface area contributed by atoms with Crippen LogP contribution < -0.4 is 10.2 Å². The van der Waals surface area contributed by atoms with Crippen molar-refractivity contribution in [3.8, 4) is 0 Å². The third kappa shape index (κ3) is 8.19. The number of carbonyl (C=O) groups is 1. The highest BCUT2D eigenvalue weighted by atomic mass is 35.5. The average Bonchev–Trinajstić information content (AvgIpc) is 2.58. The summed E-state index contributed by atoms with van der Waals surface area (Å²) in [5.41, 5.74) is 0.409. The highest BCUT2D eigenvalue weighted by molar-refractivity contribution is 6.34. The molecule has 5 nitrogen and oxygen atoms in total. The number of halogens is 1. The van der Waals surface area contributed by atoms with Crippen molar-refractivity contribution in [3.05, 3.63) is 34.9 Å². The molecule has 0 bridgehead atoms. The van der Waals surface area contributed by atoms with Crippen molar-refractivity contribution >= 4 is 23.5 Å². The van der Waals surface area contributed by atoms with E-state index in [9.17, 15) is 4.79 Å². The molecule has 0 fully saturated rings.